The van der Waals surface area contributed by atoms with Gasteiger partial charge >= 0.3 is 0 Å². The average Bonchev–Trinajstić information content (AvgIpc) is 2.43. The largest absolute Gasteiger partial charge is 0.497 e. The van der Waals surface area contributed by atoms with Crippen LogP contribution in [0.1, 0.15) is 19.8 Å². The minimum absolute atomic E-state index is 0.0494. The SMILES string of the molecule is CCCC1NC(=O)CN(c2ccc(OC)cc2)C1=O. The van der Waals surface area contributed by atoms with E-state index in [0.29, 0.717) is 6.42 Å². The van der Waals surface area contributed by atoms with Crippen molar-refractivity contribution < 1.29 is 14.3 Å². The molecule has 1 heterocycles. The van der Waals surface area contributed by atoms with Crippen molar-refractivity contribution in [3.63, 3.8) is 0 Å². The van der Waals surface area contributed by atoms with Gasteiger partial charge < -0.3 is 15.0 Å². The zero-order valence-corrected chi connectivity index (χ0v) is 11.2. The van der Waals surface area contributed by atoms with Crippen molar-refractivity contribution in [1.82, 2.24) is 5.32 Å². The number of carbonyl (C=O) groups excluding carboxylic acids is 2. The van der Waals surface area contributed by atoms with E-state index < -0.39 is 6.04 Å². The number of methoxy groups -OCH3 is 1. The maximum absolute atomic E-state index is 12.3. The Kier molecular flexibility index (Phi) is 4.04. The number of carbonyl (C=O) groups is 2. The molecule has 0 bridgehead atoms. The molecule has 2 rings (SSSR count). The van der Waals surface area contributed by atoms with Gasteiger partial charge in [-0.05, 0) is 30.7 Å². The smallest absolute Gasteiger partial charge is 0.250 e. The quantitative estimate of drug-likeness (QED) is 0.890. The molecule has 5 heteroatoms. The Bertz CT molecular complexity index is 470. The summed E-state index contributed by atoms with van der Waals surface area (Å²) in [5, 5.41) is 2.73. The van der Waals surface area contributed by atoms with Crippen molar-refractivity contribution in [2.45, 2.75) is 25.8 Å². The van der Waals surface area contributed by atoms with Gasteiger partial charge in [0.25, 0.3) is 0 Å². The zero-order chi connectivity index (χ0) is 13.8. The molecular weight excluding hydrogens is 244 g/mol. The van der Waals surface area contributed by atoms with Crippen LogP contribution < -0.4 is 15.0 Å². The lowest BCUT2D eigenvalue weighted by Crippen LogP contribution is -2.58. The molecule has 1 aliphatic heterocycles. The summed E-state index contributed by atoms with van der Waals surface area (Å²) in [5.74, 6) is 0.559. The van der Waals surface area contributed by atoms with Gasteiger partial charge in [-0.25, -0.2) is 0 Å². The average molecular weight is 262 g/mol. The topological polar surface area (TPSA) is 58.6 Å². The third-order valence-corrected chi connectivity index (χ3v) is 3.16. The van der Waals surface area contributed by atoms with Crippen LogP contribution in [0.3, 0.4) is 0 Å². The monoisotopic (exact) mass is 262 g/mol. The summed E-state index contributed by atoms with van der Waals surface area (Å²) < 4.78 is 5.08. The highest BCUT2D eigenvalue weighted by molar-refractivity contribution is 6.06. The fourth-order valence-corrected chi connectivity index (χ4v) is 2.18. The Morgan fingerprint density at radius 1 is 1.32 bits per heavy atom. The van der Waals surface area contributed by atoms with Gasteiger partial charge in [0.15, 0.2) is 0 Å². The molecule has 1 aromatic rings. The predicted octanol–water partition coefficient (Wildman–Crippen LogP) is 1.33. The number of nitrogens with zero attached hydrogens (tertiary/aromatic N) is 1. The second kappa shape index (κ2) is 5.73. The van der Waals surface area contributed by atoms with Crippen molar-refractivity contribution in [1.29, 1.82) is 0 Å². The molecule has 19 heavy (non-hydrogen) atoms. The van der Waals surface area contributed by atoms with Crippen LogP contribution in [0, 0.1) is 0 Å². The van der Waals surface area contributed by atoms with E-state index in [1.54, 1.807) is 31.4 Å². The Morgan fingerprint density at radius 3 is 2.58 bits per heavy atom. The first kappa shape index (κ1) is 13.4. The number of benzene rings is 1. The van der Waals surface area contributed by atoms with Crippen molar-refractivity contribution in [3.05, 3.63) is 24.3 Å². The summed E-state index contributed by atoms with van der Waals surface area (Å²) in [7, 11) is 1.59. The number of hydrogen-bond donors (Lipinski definition) is 1. The van der Waals surface area contributed by atoms with Crippen LogP contribution >= 0.6 is 0 Å². The van der Waals surface area contributed by atoms with Crippen LogP contribution in [0.15, 0.2) is 24.3 Å². The fraction of sp³-hybridized carbons (Fsp3) is 0.429. The first-order valence-electron chi connectivity index (χ1n) is 6.40. The molecule has 0 saturated carbocycles. The highest BCUT2D eigenvalue weighted by Gasteiger charge is 2.32. The van der Waals surface area contributed by atoms with E-state index in [4.69, 9.17) is 4.74 Å². The van der Waals surface area contributed by atoms with Gasteiger partial charge in [0.1, 0.15) is 18.3 Å². The summed E-state index contributed by atoms with van der Waals surface area (Å²) >= 11 is 0. The molecule has 2 amide bonds. The lowest BCUT2D eigenvalue weighted by molar-refractivity contribution is -0.131. The molecule has 1 fully saturated rings. The van der Waals surface area contributed by atoms with Crippen LogP contribution in [0.2, 0.25) is 0 Å². The minimum atomic E-state index is -0.409. The van der Waals surface area contributed by atoms with Crippen molar-refractivity contribution in [2.75, 3.05) is 18.6 Å². The Hall–Kier alpha value is -2.04. The number of hydrogen-bond acceptors (Lipinski definition) is 3. The fourth-order valence-electron chi connectivity index (χ4n) is 2.18. The van der Waals surface area contributed by atoms with Crippen molar-refractivity contribution >= 4 is 17.5 Å². The van der Waals surface area contributed by atoms with Crippen LogP contribution in [0.5, 0.6) is 5.75 Å². The summed E-state index contributed by atoms with van der Waals surface area (Å²) in [4.78, 5) is 25.5. The predicted molar refractivity (Wildman–Crippen MR) is 72.2 cm³/mol. The highest BCUT2D eigenvalue weighted by atomic mass is 16.5. The molecule has 5 nitrogen and oxygen atoms in total. The van der Waals surface area contributed by atoms with Crippen LogP contribution in [0.25, 0.3) is 0 Å². The molecule has 1 saturated heterocycles. The number of anilines is 1. The van der Waals surface area contributed by atoms with Gasteiger partial charge in [0.05, 0.1) is 7.11 Å². The normalized spacial score (nSPS) is 19.3. The van der Waals surface area contributed by atoms with Gasteiger partial charge in [0, 0.05) is 5.69 Å². The summed E-state index contributed by atoms with van der Waals surface area (Å²) in [5.41, 5.74) is 0.724. The molecule has 0 aromatic heterocycles. The second-order valence-corrected chi connectivity index (χ2v) is 4.53. The van der Waals surface area contributed by atoms with E-state index in [1.165, 1.54) is 4.90 Å². The third kappa shape index (κ3) is 2.86. The van der Waals surface area contributed by atoms with Gasteiger partial charge in [-0.2, -0.15) is 0 Å². The molecule has 0 spiro atoms. The summed E-state index contributed by atoms with van der Waals surface area (Å²) in [6.45, 7) is 2.07. The van der Waals surface area contributed by atoms with Gasteiger partial charge in [-0.3, -0.25) is 9.59 Å². The standard InChI is InChI=1S/C14H18N2O3/c1-3-4-12-14(18)16(9-13(17)15-12)10-5-7-11(19-2)8-6-10/h5-8,12H,3-4,9H2,1-2H3,(H,15,17). The van der Waals surface area contributed by atoms with Gasteiger partial charge in [0.2, 0.25) is 11.8 Å². The van der Waals surface area contributed by atoms with E-state index in [1.807, 2.05) is 6.92 Å². The van der Waals surface area contributed by atoms with E-state index in [-0.39, 0.29) is 18.4 Å². The molecule has 1 atom stereocenters. The first-order valence-corrected chi connectivity index (χ1v) is 6.40. The van der Waals surface area contributed by atoms with Crippen LogP contribution in [0.4, 0.5) is 5.69 Å². The Balaban J connectivity index is 2.21. The molecule has 102 valence electrons. The molecule has 1 unspecified atom stereocenters. The molecule has 1 aromatic carbocycles. The van der Waals surface area contributed by atoms with Gasteiger partial charge in [-0.15, -0.1) is 0 Å². The maximum Gasteiger partial charge on any atom is 0.250 e. The number of nitrogens with one attached hydrogen (secondary N) is 1. The molecule has 1 aliphatic rings. The summed E-state index contributed by atoms with van der Waals surface area (Å²) in [6, 6.07) is 6.73. The molecule has 1 N–H and O–H groups in total. The van der Waals surface area contributed by atoms with Gasteiger partial charge in [-0.1, -0.05) is 13.3 Å². The van der Waals surface area contributed by atoms with Crippen molar-refractivity contribution in [2.24, 2.45) is 0 Å². The lowest BCUT2D eigenvalue weighted by Gasteiger charge is -2.32. The zero-order valence-electron chi connectivity index (χ0n) is 11.2. The highest BCUT2D eigenvalue weighted by Crippen LogP contribution is 2.22. The number of rotatable bonds is 4. The van der Waals surface area contributed by atoms with Crippen molar-refractivity contribution in [3.8, 4) is 5.75 Å². The molecular formula is C14H18N2O3. The number of ether oxygens (including phenoxy) is 1. The molecule has 0 radical (unpaired) electrons. The van der Waals surface area contributed by atoms with Crippen LogP contribution in [-0.4, -0.2) is 31.5 Å². The van der Waals surface area contributed by atoms with Crippen LogP contribution in [-0.2, 0) is 9.59 Å². The van der Waals surface area contributed by atoms with E-state index in [2.05, 4.69) is 5.32 Å². The second-order valence-electron chi connectivity index (χ2n) is 4.53. The Morgan fingerprint density at radius 2 is 2.00 bits per heavy atom. The minimum Gasteiger partial charge on any atom is -0.497 e. The van der Waals surface area contributed by atoms with E-state index >= 15 is 0 Å². The Labute approximate surface area is 112 Å². The van der Waals surface area contributed by atoms with E-state index in [9.17, 15) is 9.59 Å². The maximum atomic E-state index is 12.3. The third-order valence-electron chi connectivity index (χ3n) is 3.16. The molecule has 0 aliphatic carbocycles. The lowest BCUT2D eigenvalue weighted by atomic mass is 10.1. The van der Waals surface area contributed by atoms with E-state index in [0.717, 1.165) is 17.9 Å². The summed E-state index contributed by atoms with van der Waals surface area (Å²) in [6.07, 6.45) is 1.52. The number of amides is 2. The number of piperazine rings is 1. The first-order chi connectivity index (χ1) is 9.15.